The van der Waals surface area contributed by atoms with Crippen LogP contribution in [0.25, 0.3) is 11.0 Å². The van der Waals surface area contributed by atoms with E-state index < -0.39 is 19.9 Å². The van der Waals surface area contributed by atoms with Gasteiger partial charge in [-0.05, 0) is 55.9 Å². The van der Waals surface area contributed by atoms with Crippen molar-refractivity contribution < 1.29 is 23.2 Å². The highest BCUT2D eigenvalue weighted by molar-refractivity contribution is 6.74. The highest BCUT2D eigenvalue weighted by Gasteiger charge is 2.52. The molecule has 1 spiro atoms. The van der Waals surface area contributed by atoms with Crippen molar-refractivity contribution in [2.45, 2.75) is 70.2 Å². The Bertz CT molecular complexity index is 1050. The highest BCUT2D eigenvalue weighted by atomic mass is 35.5. The minimum Gasteiger partial charge on any atom is -0.454 e. The van der Waals surface area contributed by atoms with E-state index >= 15 is 0 Å². The first-order valence-corrected chi connectivity index (χ1v) is 14.2. The second kappa shape index (κ2) is 7.64. The first kappa shape index (κ1) is 22.4. The van der Waals surface area contributed by atoms with Crippen LogP contribution in [-0.2, 0) is 14.8 Å². The number of ether oxygens (including phenoxy) is 1. The number of nitrogens with one attached hydrogen (secondary N) is 1. The topological polar surface area (TPSA) is 77.8 Å². The minimum absolute atomic E-state index is 0.114. The first-order chi connectivity index (χ1) is 14.5. The Labute approximate surface area is 188 Å². The summed E-state index contributed by atoms with van der Waals surface area (Å²) in [5, 5.41) is 3.86. The minimum atomic E-state index is -1.86. The van der Waals surface area contributed by atoms with Crippen LogP contribution in [0.15, 0.2) is 16.5 Å². The Morgan fingerprint density at radius 1 is 1.26 bits per heavy atom. The van der Waals surface area contributed by atoms with Crippen molar-refractivity contribution in [3.63, 3.8) is 0 Å². The van der Waals surface area contributed by atoms with Gasteiger partial charge in [0.15, 0.2) is 25.3 Å². The molecule has 168 valence electrons. The zero-order chi connectivity index (χ0) is 22.6. The summed E-state index contributed by atoms with van der Waals surface area (Å²) in [5.74, 6) is -0.0983. The molecule has 1 fully saturated rings. The van der Waals surface area contributed by atoms with E-state index in [2.05, 4.69) is 39.2 Å². The third-order valence-electron chi connectivity index (χ3n) is 6.98. The second-order valence-corrected chi connectivity index (χ2v) is 15.3. The van der Waals surface area contributed by atoms with E-state index in [0.717, 1.165) is 25.7 Å². The largest absolute Gasteiger partial charge is 0.454 e. The molecular formula is C23H30ClNO5Si. The van der Waals surface area contributed by atoms with E-state index in [-0.39, 0.29) is 10.9 Å². The van der Waals surface area contributed by atoms with E-state index in [9.17, 15) is 9.59 Å². The van der Waals surface area contributed by atoms with Crippen LogP contribution in [0.5, 0.6) is 0 Å². The zero-order valence-electron chi connectivity index (χ0n) is 18.8. The van der Waals surface area contributed by atoms with Crippen molar-refractivity contribution in [3.8, 4) is 0 Å². The van der Waals surface area contributed by atoms with Crippen molar-refractivity contribution in [1.29, 1.82) is 0 Å². The molecule has 31 heavy (non-hydrogen) atoms. The number of amides is 1. The summed E-state index contributed by atoms with van der Waals surface area (Å²) >= 11 is 6.44. The van der Waals surface area contributed by atoms with Crippen LogP contribution in [0, 0.1) is 0 Å². The summed E-state index contributed by atoms with van der Waals surface area (Å²) in [6.45, 7) is 11.7. The fourth-order valence-corrected chi connectivity index (χ4v) is 5.46. The van der Waals surface area contributed by atoms with Crippen LogP contribution in [0.3, 0.4) is 0 Å². The van der Waals surface area contributed by atoms with Crippen LogP contribution in [0.4, 0.5) is 0 Å². The second-order valence-electron chi connectivity index (χ2n) is 10.1. The molecule has 0 radical (unpaired) electrons. The quantitative estimate of drug-likeness (QED) is 0.345. The average Bonchev–Trinajstić information content (AvgIpc) is 3.35. The van der Waals surface area contributed by atoms with Crippen molar-refractivity contribution in [2.24, 2.45) is 0 Å². The Morgan fingerprint density at radius 3 is 2.58 bits per heavy atom. The van der Waals surface area contributed by atoms with E-state index in [4.69, 9.17) is 25.2 Å². The van der Waals surface area contributed by atoms with Crippen molar-refractivity contribution >= 4 is 42.8 Å². The number of fused-ring (bicyclic) bond motifs is 4. The normalized spacial score (nSPS) is 17.9. The van der Waals surface area contributed by atoms with Gasteiger partial charge in [-0.3, -0.25) is 4.79 Å². The molecule has 8 heteroatoms. The molecule has 0 unspecified atom stereocenters. The van der Waals surface area contributed by atoms with Gasteiger partial charge in [0.2, 0.25) is 0 Å². The molecule has 6 nitrogen and oxygen atoms in total. The van der Waals surface area contributed by atoms with Crippen LogP contribution in [-0.4, -0.2) is 33.3 Å². The summed E-state index contributed by atoms with van der Waals surface area (Å²) < 4.78 is 17.9. The number of carbonyl (C=O) groups is 2. The number of hydrogen-bond acceptors (Lipinski definition) is 5. The molecule has 4 rings (SSSR count). The molecule has 1 aliphatic heterocycles. The molecule has 1 amide bonds. The molecule has 1 N–H and O–H groups in total. The van der Waals surface area contributed by atoms with Crippen LogP contribution < -0.4 is 5.32 Å². The number of esters is 1. The number of benzene rings is 1. The third-order valence-corrected chi connectivity index (χ3v) is 11.8. The standard InChI is InChI=1S/C23H30ClNO5Si/c1-22(2,3)31(4,5)28-11-10-25-20(26)14-12-15-17-19(29-18(15)16(24)13-14)23(30-21(17)27)8-6-7-9-23/h12-13H,6-11H2,1-5H3,(H,25,26). The lowest BCUT2D eigenvalue weighted by Crippen LogP contribution is -2.42. The van der Waals surface area contributed by atoms with Gasteiger partial charge < -0.3 is 18.9 Å². The van der Waals surface area contributed by atoms with Gasteiger partial charge in [0, 0.05) is 17.5 Å². The van der Waals surface area contributed by atoms with Crippen molar-refractivity contribution in [1.82, 2.24) is 5.32 Å². The van der Waals surface area contributed by atoms with Crippen LogP contribution in [0.2, 0.25) is 23.2 Å². The number of hydrogen-bond donors (Lipinski definition) is 1. The molecule has 1 aromatic carbocycles. The van der Waals surface area contributed by atoms with Gasteiger partial charge in [-0.1, -0.05) is 32.4 Å². The first-order valence-electron chi connectivity index (χ1n) is 10.9. The lowest BCUT2D eigenvalue weighted by molar-refractivity contribution is -0.0130. The highest BCUT2D eigenvalue weighted by Crippen LogP contribution is 2.51. The lowest BCUT2D eigenvalue weighted by atomic mass is 9.97. The molecule has 1 aliphatic carbocycles. The van der Waals surface area contributed by atoms with E-state index in [1.807, 2.05) is 0 Å². The molecular weight excluding hydrogens is 434 g/mol. The number of furan rings is 1. The van der Waals surface area contributed by atoms with E-state index in [0.29, 0.717) is 46.0 Å². The summed E-state index contributed by atoms with van der Waals surface area (Å²) in [6, 6.07) is 3.25. The number of rotatable bonds is 5. The fraction of sp³-hybridized carbons (Fsp3) is 0.565. The smallest absolute Gasteiger partial charge is 0.343 e. The van der Waals surface area contributed by atoms with Gasteiger partial charge >= 0.3 is 5.97 Å². The van der Waals surface area contributed by atoms with Crippen LogP contribution >= 0.6 is 11.6 Å². The molecule has 0 bridgehead atoms. The van der Waals surface area contributed by atoms with Gasteiger partial charge in [0.05, 0.1) is 11.6 Å². The van der Waals surface area contributed by atoms with Gasteiger partial charge in [-0.15, -0.1) is 0 Å². The zero-order valence-corrected chi connectivity index (χ0v) is 20.6. The third kappa shape index (κ3) is 3.81. The van der Waals surface area contributed by atoms with Gasteiger partial charge in [-0.25, -0.2) is 4.79 Å². The number of halogens is 1. The Balaban J connectivity index is 1.52. The molecule has 0 atom stereocenters. The van der Waals surface area contributed by atoms with Crippen molar-refractivity contribution in [3.05, 3.63) is 34.0 Å². The lowest BCUT2D eigenvalue weighted by Gasteiger charge is -2.36. The molecule has 0 saturated heterocycles. The SMILES string of the molecule is CC(C)(C)[Si](C)(C)OCCNC(=O)c1cc(Cl)c2oc3c(c2c1)C(=O)OC31CCCC1. The average molecular weight is 464 g/mol. The summed E-state index contributed by atoms with van der Waals surface area (Å²) in [4.78, 5) is 25.4. The van der Waals surface area contributed by atoms with Gasteiger partial charge in [-0.2, -0.15) is 0 Å². The molecule has 2 aliphatic rings. The molecule has 1 aromatic heterocycles. The van der Waals surface area contributed by atoms with Gasteiger partial charge in [0.1, 0.15) is 5.56 Å². The molecule has 1 saturated carbocycles. The van der Waals surface area contributed by atoms with E-state index in [1.165, 1.54) is 0 Å². The maximum absolute atomic E-state index is 12.8. The molecule has 2 heterocycles. The predicted octanol–water partition coefficient (Wildman–Crippen LogP) is 5.78. The Morgan fingerprint density at radius 2 is 1.94 bits per heavy atom. The van der Waals surface area contributed by atoms with E-state index in [1.54, 1.807) is 12.1 Å². The Hall–Kier alpha value is -1.83. The maximum atomic E-state index is 12.8. The summed E-state index contributed by atoms with van der Waals surface area (Å²) in [5.41, 5.74) is 0.564. The summed E-state index contributed by atoms with van der Waals surface area (Å²) in [7, 11) is -1.86. The van der Waals surface area contributed by atoms with Gasteiger partial charge in [0.25, 0.3) is 5.91 Å². The predicted molar refractivity (Wildman–Crippen MR) is 122 cm³/mol. The number of carbonyl (C=O) groups excluding carboxylic acids is 2. The monoisotopic (exact) mass is 463 g/mol. The maximum Gasteiger partial charge on any atom is 0.343 e. The summed E-state index contributed by atoms with van der Waals surface area (Å²) in [6.07, 6.45) is 3.49. The fourth-order valence-electron chi connectivity index (χ4n) is 4.15. The van der Waals surface area contributed by atoms with Crippen LogP contribution in [0.1, 0.15) is 72.9 Å². The molecule has 2 aromatic rings. The van der Waals surface area contributed by atoms with Crippen molar-refractivity contribution in [2.75, 3.05) is 13.2 Å². The Kier molecular flexibility index (Phi) is 5.51.